The van der Waals surface area contributed by atoms with E-state index in [4.69, 9.17) is 4.74 Å². The standard InChI is InChI=1S/C18H27N3O5S/c1-14-16(15-6-4-3-5-7-15)18(14,17(22)23)19-27(24,25)21-10-8-20(9-11-21)12-13-26-2/h3-7,14,16,19H,8-13H2,1-2H3,(H,22,23)/t14?,16-,18-/m0/s1. The maximum Gasteiger partial charge on any atom is 0.325 e. The minimum Gasteiger partial charge on any atom is -0.480 e. The lowest BCUT2D eigenvalue weighted by Crippen LogP contribution is -2.56. The molecular formula is C18H27N3O5S. The molecular weight excluding hydrogens is 370 g/mol. The Balaban J connectivity index is 1.71. The van der Waals surface area contributed by atoms with Gasteiger partial charge < -0.3 is 9.84 Å². The Morgan fingerprint density at radius 1 is 1.26 bits per heavy atom. The summed E-state index contributed by atoms with van der Waals surface area (Å²) >= 11 is 0. The van der Waals surface area contributed by atoms with E-state index in [1.165, 1.54) is 4.31 Å². The van der Waals surface area contributed by atoms with E-state index in [0.29, 0.717) is 32.8 Å². The van der Waals surface area contributed by atoms with Gasteiger partial charge in [-0.25, -0.2) is 0 Å². The Labute approximate surface area is 160 Å². The summed E-state index contributed by atoms with van der Waals surface area (Å²) in [4.78, 5) is 14.2. The van der Waals surface area contributed by atoms with Crippen molar-refractivity contribution in [2.45, 2.75) is 18.4 Å². The molecule has 0 amide bonds. The zero-order valence-corrected chi connectivity index (χ0v) is 16.5. The van der Waals surface area contributed by atoms with Crippen LogP contribution < -0.4 is 4.72 Å². The fourth-order valence-electron chi connectivity index (χ4n) is 3.99. The number of nitrogens with one attached hydrogen (secondary N) is 1. The number of methoxy groups -OCH3 is 1. The van der Waals surface area contributed by atoms with Crippen LogP contribution in [0.4, 0.5) is 0 Å². The second-order valence-corrected chi connectivity index (χ2v) is 8.86. The SMILES string of the molecule is COCCN1CCN(S(=O)(=O)N[C@@]2(C(=O)O)C(C)[C@H]2c2ccccc2)CC1. The zero-order chi connectivity index (χ0) is 19.7. The third-order valence-corrected chi connectivity index (χ3v) is 7.33. The first kappa shape index (κ1) is 20.2. The molecule has 0 bridgehead atoms. The number of hydrogen-bond donors (Lipinski definition) is 2. The molecule has 1 saturated carbocycles. The van der Waals surface area contributed by atoms with Crippen molar-refractivity contribution in [1.29, 1.82) is 0 Å². The van der Waals surface area contributed by atoms with Crippen LogP contribution in [-0.4, -0.2) is 80.7 Å². The van der Waals surface area contributed by atoms with E-state index in [1.807, 2.05) is 30.3 Å². The summed E-state index contributed by atoms with van der Waals surface area (Å²) in [7, 11) is -2.26. The van der Waals surface area contributed by atoms with Crippen LogP contribution in [-0.2, 0) is 19.7 Å². The molecule has 3 atom stereocenters. The number of nitrogens with zero attached hydrogens (tertiary/aromatic N) is 2. The predicted octanol–water partition coefficient (Wildman–Crippen LogP) is 0.342. The lowest BCUT2D eigenvalue weighted by atomic mass is 10.1. The van der Waals surface area contributed by atoms with Gasteiger partial charge in [0, 0.05) is 45.8 Å². The molecule has 2 aliphatic rings. The number of piperazine rings is 1. The van der Waals surface area contributed by atoms with Crippen LogP contribution in [0.1, 0.15) is 18.4 Å². The maximum absolute atomic E-state index is 12.9. The summed E-state index contributed by atoms with van der Waals surface area (Å²) in [6, 6.07) is 9.21. The van der Waals surface area contributed by atoms with Crippen molar-refractivity contribution >= 4 is 16.2 Å². The molecule has 8 nitrogen and oxygen atoms in total. The van der Waals surface area contributed by atoms with Crippen LogP contribution in [0.25, 0.3) is 0 Å². The van der Waals surface area contributed by atoms with E-state index in [2.05, 4.69) is 9.62 Å². The van der Waals surface area contributed by atoms with Crippen LogP contribution >= 0.6 is 0 Å². The van der Waals surface area contributed by atoms with Crippen LogP contribution in [0.3, 0.4) is 0 Å². The fourth-order valence-corrected chi connectivity index (χ4v) is 5.59. The molecule has 0 aromatic heterocycles. The van der Waals surface area contributed by atoms with Crippen LogP contribution in [0, 0.1) is 5.92 Å². The molecule has 2 N–H and O–H groups in total. The summed E-state index contributed by atoms with van der Waals surface area (Å²) in [5.41, 5.74) is -0.660. The molecule has 0 spiro atoms. The number of carboxylic acid groups (broad SMARTS) is 1. The molecule has 0 radical (unpaired) electrons. The van der Waals surface area contributed by atoms with Crippen molar-refractivity contribution in [2.24, 2.45) is 5.92 Å². The highest BCUT2D eigenvalue weighted by molar-refractivity contribution is 7.87. The summed E-state index contributed by atoms with van der Waals surface area (Å²) in [6.45, 7) is 4.99. The molecule has 1 aliphatic heterocycles. The highest BCUT2D eigenvalue weighted by Gasteiger charge is 2.70. The largest absolute Gasteiger partial charge is 0.480 e. The van der Waals surface area contributed by atoms with Gasteiger partial charge in [-0.3, -0.25) is 9.69 Å². The fraction of sp³-hybridized carbons (Fsp3) is 0.611. The normalized spacial score (nSPS) is 29.6. The first-order chi connectivity index (χ1) is 12.8. The molecule has 1 aliphatic carbocycles. The third kappa shape index (κ3) is 3.88. The molecule has 9 heteroatoms. The van der Waals surface area contributed by atoms with Gasteiger partial charge in [0.1, 0.15) is 5.54 Å². The first-order valence-corrected chi connectivity index (χ1v) is 10.6. The molecule has 1 saturated heterocycles. The number of carboxylic acids is 1. The van der Waals surface area contributed by atoms with Gasteiger partial charge in [-0.05, 0) is 11.5 Å². The molecule has 2 fully saturated rings. The van der Waals surface area contributed by atoms with Crippen molar-refractivity contribution in [3.05, 3.63) is 35.9 Å². The minimum atomic E-state index is -3.90. The minimum absolute atomic E-state index is 0.324. The Bertz CT molecular complexity index is 764. The van der Waals surface area contributed by atoms with Gasteiger partial charge in [0.15, 0.2) is 0 Å². The van der Waals surface area contributed by atoms with Gasteiger partial charge >= 0.3 is 5.97 Å². The van der Waals surface area contributed by atoms with E-state index >= 15 is 0 Å². The lowest BCUT2D eigenvalue weighted by molar-refractivity contribution is -0.140. The van der Waals surface area contributed by atoms with Gasteiger partial charge in [-0.15, -0.1) is 0 Å². The number of benzene rings is 1. The van der Waals surface area contributed by atoms with Gasteiger partial charge in [0.05, 0.1) is 6.61 Å². The Morgan fingerprint density at radius 3 is 2.44 bits per heavy atom. The number of aliphatic carboxylic acids is 1. The van der Waals surface area contributed by atoms with Crippen molar-refractivity contribution in [3.8, 4) is 0 Å². The summed E-state index contributed by atoms with van der Waals surface area (Å²) in [5.74, 6) is -1.84. The van der Waals surface area contributed by atoms with E-state index < -0.39 is 21.7 Å². The van der Waals surface area contributed by atoms with E-state index in [0.717, 1.165) is 12.1 Å². The smallest absolute Gasteiger partial charge is 0.325 e. The monoisotopic (exact) mass is 397 g/mol. The van der Waals surface area contributed by atoms with E-state index in [1.54, 1.807) is 14.0 Å². The molecule has 27 heavy (non-hydrogen) atoms. The van der Waals surface area contributed by atoms with Gasteiger partial charge in [-0.2, -0.15) is 17.4 Å². The molecule has 1 aromatic carbocycles. The Morgan fingerprint density at radius 2 is 1.89 bits per heavy atom. The third-order valence-electron chi connectivity index (χ3n) is 5.69. The first-order valence-electron chi connectivity index (χ1n) is 9.11. The van der Waals surface area contributed by atoms with Crippen molar-refractivity contribution in [3.63, 3.8) is 0 Å². The van der Waals surface area contributed by atoms with E-state index in [9.17, 15) is 18.3 Å². The Hall–Kier alpha value is -1.52. The topological polar surface area (TPSA) is 99.2 Å². The second-order valence-electron chi connectivity index (χ2n) is 7.19. The van der Waals surface area contributed by atoms with Crippen LogP contribution in [0.15, 0.2) is 30.3 Å². The van der Waals surface area contributed by atoms with Gasteiger partial charge in [-0.1, -0.05) is 37.3 Å². The van der Waals surface area contributed by atoms with Crippen molar-refractivity contribution < 1.29 is 23.1 Å². The predicted molar refractivity (Wildman–Crippen MR) is 101 cm³/mol. The molecule has 150 valence electrons. The number of rotatable bonds is 8. The van der Waals surface area contributed by atoms with Crippen LogP contribution in [0.5, 0.6) is 0 Å². The summed E-state index contributed by atoms with van der Waals surface area (Å²) in [5, 5.41) is 9.84. The van der Waals surface area contributed by atoms with E-state index in [-0.39, 0.29) is 11.8 Å². The second kappa shape index (κ2) is 7.84. The molecule has 3 rings (SSSR count). The average molecular weight is 397 g/mol. The molecule has 1 unspecified atom stereocenters. The van der Waals surface area contributed by atoms with Crippen molar-refractivity contribution in [1.82, 2.24) is 13.9 Å². The highest BCUT2D eigenvalue weighted by atomic mass is 32.2. The lowest BCUT2D eigenvalue weighted by Gasteiger charge is -2.34. The van der Waals surface area contributed by atoms with Crippen LogP contribution in [0.2, 0.25) is 0 Å². The zero-order valence-electron chi connectivity index (χ0n) is 15.7. The Kier molecular flexibility index (Phi) is 5.87. The number of hydrogen-bond acceptors (Lipinski definition) is 5. The van der Waals surface area contributed by atoms with Crippen molar-refractivity contribution in [2.75, 3.05) is 46.4 Å². The summed E-state index contributed by atoms with van der Waals surface area (Å²) in [6.07, 6.45) is 0. The van der Waals surface area contributed by atoms with Gasteiger partial charge in [0.25, 0.3) is 10.2 Å². The van der Waals surface area contributed by atoms with Gasteiger partial charge in [0.2, 0.25) is 0 Å². The average Bonchev–Trinajstić information content (AvgIpc) is 3.25. The number of ether oxygens (including phenoxy) is 1. The summed E-state index contributed by atoms with van der Waals surface area (Å²) < 4.78 is 34.7. The maximum atomic E-state index is 12.9. The number of carbonyl (C=O) groups is 1. The quantitative estimate of drug-likeness (QED) is 0.656. The highest BCUT2D eigenvalue weighted by Crippen LogP contribution is 2.57. The molecule has 1 heterocycles. The molecule has 1 aromatic rings.